The lowest BCUT2D eigenvalue weighted by atomic mass is 9.99. The Balaban J connectivity index is 1.91. The fraction of sp³-hybridized carbons (Fsp3) is 0.538. The fourth-order valence-electron chi connectivity index (χ4n) is 2.20. The summed E-state index contributed by atoms with van der Waals surface area (Å²) in [6.45, 7) is 5.99. The van der Waals surface area contributed by atoms with Crippen molar-refractivity contribution in [3.8, 4) is 0 Å². The number of hydrogen-bond acceptors (Lipinski definition) is 4. The van der Waals surface area contributed by atoms with Crippen molar-refractivity contribution in [2.45, 2.75) is 17.1 Å². The molecule has 112 valence electrons. The molecule has 1 aliphatic rings. The first-order valence-electron chi connectivity index (χ1n) is 6.48. The van der Waals surface area contributed by atoms with Crippen LogP contribution in [0.15, 0.2) is 32.8 Å². The van der Waals surface area contributed by atoms with Crippen LogP contribution in [-0.2, 0) is 14.8 Å². The van der Waals surface area contributed by atoms with E-state index in [9.17, 15) is 8.42 Å². The van der Waals surface area contributed by atoms with E-state index in [1.807, 2.05) is 0 Å². The second kappa shape index (κ2) is 7.17. The van der Waals surface area contributed by atoms with Crippen LogP contribution in [0.3, 0.4) is 0 Å². The van der Waals surface area contributed by atoms with Crippen LogP contribution in [0.4, 0.5) is 0 Å². The third-order valence-electron chi connectivity index (χ3n) is 3.31. The van der Waals surface area contributed by atoms with Gasteiger partial charge in [0.2, 0.25) is 0 Å². The van der Waals surface area contributed by atoms with Gasteiger partial charge in [-0.3, -0.25) is 0 Å². The zero-order chi connectivity index (χ0) is 14.6. The van der Waals surface area contributed by atoms with E-state index in [0.29, 0.717) is 36.4 Å². The molecule has 4 nitrogen and oxygen atoms in total. The highest BCUT2D eigenvalue weighted by molar-refractivity contribution is 9.11. The van der Waals surface area contributed by atoms with Gasteiger partial charge in [0.25, 0.3) is 10.0 Å². The second-order valence-electron chi connectivity index (χ2n) is 4.73. The molecule has 0 unspecified atom stereocenters. The van der Waals surface area contributed by atoms with Crippen LogP contribution in [0.1, 0.15) is 12.8 Å². The van der Waals surface area contributed by atoms with Crippen LogP contribution in [-0.4, -0.2) is 39.0 Å². The topological polar surface area (TPSA) is 46.6 Å². The van der Waals surface area contributed by atoms with Gasteiger partial charge in [0.05, 0.1) is 10.4 Å². The van der Waals surface area contributed by atoms with Crippen LogP contribution < -0.4 is 0 Å². The summed E-state index contributed by atoms with van der Waals surface area (Å²) in [7, 11) is -3.32. The summed E-state index contributed by atoms with van der Waals surface area (Å²) in [5.41, 5.74) is 0. The van der Waals surface area contributed by atoms with Crippen LogP contribution in [0.2, 0.25) is 0 Å². The van der Waals surface area contributed by atoms with Crippen molar-refractivity contribution in [2.75, 3.05) is 26.3 Å². The maximum Gasteiger partial charge on any atom is 0.252 e. The summed E-state index contributed by atoms with van der Waals surface area (Å²) in [6, 6.07) is 3.43. The molecule has 20 heavy (non-hydrogen) atoms. The van der Waals surface area contributed by atoms with E-state index in [2.05, 4.69) is 22.5 Å². The summed E-state index contributed by atoms with van der Waals surface area (Å²) >= 11 is 4.56. The van der Waals surface area contributed by atoms with Gasteiger partial charge >= 0.3 is 0 Å². The molecule has 1 saturated heterocycles. The highest BCUT2D eigenvalue weighted by Gasteiger charge is 2.30. The van der Waals surface area contributed by atoms with Crippen molar-refractivity contribution in [1.82, 2.24) is 4.31 Å². The van der Waals surface area contributed by atoms with Crippen LogP contribution in [0.5, 0.6) is 0 Å². The zero-order valence-corrected chi connectivity index (χ0v) is 14.3. The molecule has 2 rings (SSSR count). The molecule has 0 radical (unpaired) electrons. The van der Waals surface area contributed by atoms with Gasteiger partial charge in [0.15, 0.2) is 0 Å². The first-order valence-corrected chi connectivity index (χ1v) is 9.53. The quantitative estimate of drug-likeness (QED) is 0.563. The monoisotopic (exact) mass is 379 g/mol. The highest BCUT2D eigenvalue weighted by Crippen LogP contribution is 2.30. The average Bonchev–Trinajstić information content (AvgIpc) is 2.87. The molecule has 2 heterocycles. The molecule has 0 atom stereocenters. The molecule has 1 aliphatic heterocycles. The zero-order valence-electron chi connectivity index (χ0n) is 11.1. The molecule has 0 saturated carbocycles. The Kier molecular flexibility index (Phi) is 5.80. The summed E-state index contributed by atoms with van der Waals surface area (Å²) in [5.74, 6) is 0.441. The minimum atomic E-state index is -3.32. The number of thiophene rings is 1. The van der Waals surface area contributed by atoms with Gasteiger partial charge in [-0.25, -0.2) is 8.42 Å². The first kappa shape index (κ1) is 16.2. The molecule has 1 aromatic heterocycles. The standard InChI is InChI=1S/C13H18BrNO3S2/c1-2-9-18-10-11-5-7-15(8-6-11)20(16,17)13-4-3-12(14)19-13/h2-4,11H,1,5-10H2. The molecule has 1 fully saturated rings. The lowest BCUT2D eigenvalue weighted by Gasteiger charge is -2.30. The van der Waals surface area contributed by atoms with Gasteiger partial charge in [0.1, 0.15) is 4.21 Å². The van der Waals surface area contributed by atoms with E-state index in [-0.39, 0.29) is 0 Å². The maximum atomic E-state index is 12.4. The summed E-state index contributed by atoms with van der Waals surface area (Å²) in [5, 5.41) is 0. The van der Waals surface area contributed by atoms with E-state index >= 15 is 0 Å². The Hall–Kier alpha value is -0.210. The molecule has 7 heteroatoms. The molecular weight excluding hydrogens is 362 g/mol. The summed E-state index contributed by atoms with van der Waals surface area (Å²) in [4.78, 5) is 0. The average molecular weight is 380 g/mol. The summed E-state index contributed by atoms with van der Waals surface area (Å²) in [6.07, 6.45) is 3.43. The first-order chi connectivity index (χ1) is 9.54. The van der Waals surface area contributed by atoms with Gasteiger partial charge in [-0.1, -0.05) is 6.08 Å². The Bertz CT molecular complexity index is 548. The Morgan fingerprint density at radius 1 is 1.45 bits per heavy atom. The SMILES string of the molecule is C=CCOCC1CCN(S(=O)(=O)c2ccc(Br)s2)CC1. The molecule has 0 amide bonds. The lowest BCUT2D eigenvalue weighted by Crippen LogP contribution is -2.39. The molecule has 1 aromatic rings. The number of rotatable bonds is 6. The van der Waals surface area contributed by atoms with E-state index in [4.69, 9.17) is 4.74 Å². The van der Waals surface area contributed by atoms with Crippen molar-refractivity contribution in [3.63, 3.8) is 0 Å². The highest BCUT2D eigenvalue weighted by atomic mass is 79.9. The molecule has 0 spiro atoms. The second-order valence-corrected chi connectivity index (χ2v) is 9.36. The number of piperidine rings is 1. The van der Waals surface area contributed by atoms with E-state index < -0.39 is 10.0 Å². The minimum absolute atomic E-state index is 0.408. The Morgan fingerprint density at radius 3 is 2.70 bits per heavy atom. The van der Waals surface area contributed by atoms with Gasteiger partial charge in [-0.2, -0.15) is 4.31 Å². The fourth-order valence-corrected chi connectivity index (χ4v) is 5.83. The van der Waals surface area contributed by atoms with Crippen molar-refractivity contribution in [3.05, 3.63) is 28.6 Å². The molecule has 0 N–H and O–H groups in total. The van der Waals surface area contributed by atoms with E-state index in [1.165, 1.54) is 11.3 Å². The molecule has 0 aliphatic carbocycles. The Labute approximate surface area is 132 Å². The van der Waals surface area contributed by atoms with Crippen molar-refractivity contribution < 1.29 is 13.2 Å². The van der Waals surface area contributed by atoms with Crippen molar-refractivity contribution in [1.29, 1.82) is 0 Å². The van der Waals surface area contributed by atoms with E-state index in [1.54, 1.807) is 22.5 Å². The third kappa shape index (κ3) is 3.92. The van der Waals surface area contributed by atoms with Crippen LogP contribution in [0.25, 0.3) is 0 Å². The predicted molar refractivity (Wildman–Crippen MR) is 84.5 cm³/mol. The third-order valence-corrected chi connectivity index (χ3v) is 7.30. The maximum absolute atomic E-state index is 12.4. The van der Waals surface area contributed by atoms with Gasteiger partial charge in [0, 0.05) is 19.7 Å². The van der Waals surface area contributed by atoms with Crippen molar-refractivity contribution >= 4 is 37.3 Å². The number of ether oxygens (including phenoxy) is 1. The minimum Gasteiger partial charge on any atom is -0.377 e. The van der Waals surface area contributed by atoms with Gasteiger partial charge in [-0.15, -0.1) is 17.9 Å². The van der Waals surface area contributed by atoms with Gasteiger partial charge < -0.3 is 4.74 Å². The molecule has 0 bridgehead atoms. The van der Waals surface area contributed by atoms with Crippen LogP contribution in [0, 0.1) is 5.92 Å². The number of hydrogen-bond donors (Lipinski definition) is 0. The largest absolute Gasteiger partial charge is 0.377 e. The lowest BCUT2D eigenvalue weighted by molar-refractivity contribution is 0.0983. The van der Waals surface area contributed by atoms with Crippen molar-refractivity contribution in [2.24, 2.45) is 5.92 Å². The number of nitrogens with zero attached hydrogens (tertiary/aromatic N) is 1. The number of halogens is 1. The summed E-state index contributed by atoms with van der Waals surface area (Å²) < 4.78 is 33.1. The molecular formula is C13H18BrNO3S2. The molecule has 0 aromatic carbocycles. The van der Waals surface area contributed by atoms with E-state index in [0.717, 1.165) is 16.6 Å². The smallest absolute Gasteiger partial charge is 0.252 e. The van der Waals surface area contributed by atoms with Gasteiger partial charge in [-0.05, 0) is 46.8 Å². The normalized spacial score (nSPS) is 18.2. The Morgan fingerprint density at radius 2 is 2.15 bits per heavy atom. The predicted octanol–water partition coefficient (Wildman–Crippen LogP) is 3.11. The van der Waals surface area contributed by atoms with Crippen LogP contribution >= 0.6 is 27.3 Å². The number of sulfonamides is 1.